The first-order valence-corrected chi connectivity index (χ1v) is 6.66. The zero-order valence-electron chi connectivity index (χ0n) is 11.0. The van der Waals surface area contributed by atoms with Gasteiger partial charge in [0.2, 0.25) is 0 Å². The van der Waals surface area contributed by atoms with Gasteiger partial charge in [-0.2, -0.15) is 0 Å². The van der Waals surface area contributed by atoms with E-state index in [1.165, 1.54) is 12.1 Å². The summed E-state index contributed by atoms with van der Waals surface area (Å²) < 4.78 is 13.4. The highest BCUT2D eigenvalue weighted by atomic mass is 35.5. The average molecular weight is 309 g/mol. The van der Waals surface area contributed by atoms with Crippen molar-refractivity contribution < 1.29 is 14.3 Å². The lowest BCUT2D eigenvalue weighted by molar-refractivity contribution is 0.225. The molecule has 0 saturated heterocycles. The van der Waals surface area contributed by atoms with Crippen molar-refractivity contribution in [2.75, 3.05) is 11.9 Å². The number of rotatable bonds is 4. The predicted octanol–water partition coefficient (Wildman–Crippen LogP) is 3.33. The van der Waals surface area contributed by atoms with E-state index in [0.29, 0.717) is 11.3 Å². The lowest BCUT2D eigenvalue weighted by atomic mass is 10.1. The van der Waals surface area contributed by atoms with Crippen molar-refractivity contribution in [3.63, 3.8) is 0 Å². The van der Waals surface area contributed by atoms with E-state index in [4.69, 9.17) is 11.6 Å². The number of urea groups is 1. The van der Waals surface area contributed by atoms with Gasteiger partial charge in [0, 0.05) is 5.69 Å². The van der Waals surface area contributed by atoms with Gasteiger partial charge in [-0.05, 0) is 29.8 Å². The van der Waals surface area contributed by atoms with E-state index in [2.05, 4.69) is 10.6 Å². The minimum Gasteiger partial charge on any atom is -0.394 e. The molecule has 21 heavy (non-hydrogen) atoms. The molecule has 1 unspecified atom stereocenters. The standard InChI is InChI=1S/C15H14ClFN2O2/c16-12-7-6-10(8-13(12)17)14(9-20)19-15(21)18-11-4-2-1-3-5-11/h1-8,14,20H,9H2,(H2,18,19,21). The molecule has 0 spiro atoms. The van der Waals surface area contributed by atoms with E-state index >= 15 is 0 Å². The van der Waals surface area contributed by atoms with E-state index in [0.717, 1.165) is 0 Å². The van der Waals surface area contributed by atoms with Crippen molar-refractivity contribution in [2.45, 2.75) is 6.04 Å². The summed E-state index contributed by atoms with van der Waals surface area (Å²) in [6, 6.07) is 11.8. The molecule has 2 aromatic rings. The molecule has 0 aliphatic heterocycles. The number of halogens is 2. The molecule has 0 fully saturated rings. The Bertz CT molecular complexity index is 622. The molecule has 0 saturated carbocycles. The third-order valence-electron chi connectivity index (χ3n) is 2.87. The van der Waals surface area contributed by atoms with E-state index in [-0.39, 0.29) is 11.6 Å². The number of amides is 2. The minimum atomic E-state index is -0.722. The van der Waals surface area contributed by atoms with Crippen LogP contribution in [0, 0.1) is 5.82 Å². The van der Waals surface area contributed by atoms with Crippen LogP contribution in [0.3, 0.4) is 0 Å². The van der Waals surface area contributed by atoms with Crippen molar-refractivity contribution >= 4 is 23.3 Å². The Morgan fingerprint density at radius 2 is 1.95 bits per heavy atom. The average Bonchev–Trinajstić information content (AvgIpc) is 2.49. The summed E-state index contributed by atoms with van der Waals surface area (Å²) in [5, 5.41) is 14.5. The highest BCUT2D eigenvalue weighted by molar-refractivity contribution is 6.30. The van der Waals surface area contributed by atoms with Crippen LogP contribution in [0.2, 0.25) is 5.02 Å². The van der Waals surface area contributed by atoms with Crippen LogP contribution in [-0.2, 0) is 0 Å². The number of carbonyl (C=O) groups excluding carboxylic acids is 1. The number of hydrogen-bond acceptors (Lipinski definition) is 2. The third kappa shape index (κ3) is 4.18. The number of benzene rings is 2. The van der Waals surface area contributed by atoms with Crippen molar-refractivity contribution in [1.82, 2.24) is 5.32 Å². The fourth-order valence-electron chi connectivity index (χ4n) is 1.81. The maximum atomic E-state index is 13.4. The Hall–Kier alpha value is -2.11. The first kappa shape index (κ1) is 15.3. The second kappa shape index (κ2) is 7.06. The van der Waals surface area contributed by atoms with Crippen LogP contribution >= 0.6 is 11.6 Å². The molecule has 0 heterocycles. The molecule has 0 radical (unpaired) electrons. The summed E-state index contributed by atoms with van der Waals surface area (Å²) in [6.45, 7) is -0.358. The van der Waals surface area contributed by atoms with Crippen molar-refractivity contribution in [3.05, 3.63) is 64.9 Å². The number of hydrogen-bond donors (Lipinski definition) is 3. The van der Waals surface area contributed by atoms with Crippen LogP contribution in [0.1, 0.15) is 11.6 Å². The van der Waals surface area contributed by atoms with Gasteiger partial charge in [0.25, 0.3) is 0 Å². The summed E-state index contributed by atoms with van der Waals surface area (Å²) in [5.41, 5.74) is 1.05. The number of aliphatic hydroxyl groups excluding tert-OH is 1. The highest BCUT2D eigenvalue weighted by Gasteiger charge is 2.15. The fraction of sp³-hybridized carbons (Fsp3) is 0.133. The molecular weight excluding hydrogens is 295 g/mol. The molecule has 2 rings (SSSR count). The molecule has 0 aliphatic rings. The van der Waals surface area contributed by atoms with Crippen LogP contribution < -0.4 is 10.6 Å². The number of carbonyl (C=O) groups is 1. The second-order valence-electron chi connectivity index (χ2n) is 4.37. The summed E-state index contributed by atoms with van der Waals surface area (Å²) >= 11 is 5.60. The SMILES string of the molecule is O=C(Nc1ccccc1)NC(CO)c1ccc(Cl)c(F)c1. The summed E-state index contributed by atoms with van der Waals surface area (Å²) in [7, 11) is 0. The first-order valence-electron chi connectivity index (χ1n) is 6.28. The lowest BCUT2D eigenvalue weighted by Gasteiger charge is -2.17. The summed E-state index contributed by atoms with van der Waals surface area (Å²) in [6.07, 6.45) is 0. The smallest absolute Gasteiger partial charge is 0.319 e. The Balaban J connectivity index is 2.04. The lowest BCUT2D eigenvalue weighted by Crippen LogP contribution is -2.34. The Labute approximate surface area is 126 Å². The third-order valence-corrected chi connectivity index (χ3v) is 3.17. The van der Waals surface area contributed by atoms with Crippen molar-refractivity contribution in [1.29, 1.82) is 0 Å². The zero-order valence-corrected chi connectivity index (χ0v) is 11.8. The molecule has 0 bridgehead atoms. The maximum Gasteiger partial charge on any atom is 0.319 e. The molecule has 0 aromatic heterocycles. The fourth-order valence-corrected chi connectivity index (χ4v) is 1.93. The predicted molar refractivity (Wildman–Crippen MR) is 79.8 cm³/mol. The molecule has 2 amide bonds. The van der Waals surface area contributed by atoms with Crippen LogP contribution in [0.5, 0.6) is 0 Å². The number of anilines is 1. The monoisotopic (exact) mass is 308 g/mol. The molecule has 2 aromatic carbocycles. The van der Waals surface area contributed by atoms with Crippen molar-refractivity contribution in [2.24, 2.45) is 0 Å². The molecule has 0 aliphatic carbocycles. The highest BCUT2D eigenvalue weighted by Crippen LogP contribution is 2.20. The second-order valence-corrected chi connectivity index (χ2v) is 4.78. The Kier molecular flexibility index (Phi) is 5.14. The van der Waals surface area contributed by atoms with Gasteiger partial charge in [-0.25, -0.2) is 9.18 Å². The van der Waals surface area contributed by atoms with Gasteiger partial charge in [-0.1, -0.05) is 35.9 Å². The van der Waals surface area contributed by atoms with E-state index in [1.54, 1.807) is 30.3 Å². The van der Waals surface area contributed by atoms with Gasteiger partial charge < -0.3 is 15.7 Å². The Morgan fingerprint density at radius 3 is 2.57 bits per heavy atom. The van der Waals surface area contributed by atoms with Crippen LogP contribution in [0.15, 0.2) is 48.5 Å². The van der Waals surface area contributed by atoms with E-state index in [1.807, 2.05) is 6.07 Å². The van der Waals surface area contributed by atoms with E-state index < -0.39 is 17.9 Å². The zero-order chi connectivity index (χ0) is 15.2. The molecule has 6 heteroatoms. The van der Waals surface area contributed by atoms with Gasteiger partial charge in [-0.15, -0.1) is 0 Å². The molecule has 1 atom stereocenters. The van der Waals surface area contributed by atoms with Crippen LogP contribution in [-0.4, -0.2) is 17.7 Å². The Morgan fingerprint density at radius 1 is 1.24 bits per heavy atom. The van der Waals surface area contributed by atoms with E-state index in [9.17, 15) is 14.3 Å². The number of para-hydroxylation sites is 1. The molecule has 4 nitrogen and oxygen atoms in total. The maximum absolute atomic E-state index is 13.4. The summed E-state index contributed by atoms with van der Waals surface area (Å²) in [4.78, 5) is 11.9. The summed E-state index contributed by atoms with van der Waals surface area (Å²) in [5.74, 6) is -0.599. The van der Waals surface area contributed by atoms with Crippen LogP contribution in [0.4, 0.5) is 14.9 Å². The number of aliphatic hydroxyl groups is 1. The molecular formula is C15H14ClFN2O2. The molecule has 110 valence electrons. The first-order chi connectivity index (χ1) is 10.1. The minimum absolute atomic E-state index is 0.0100. The van der Waals surface area contributed by atoms with Gasteiger partial charge in [0.15, 0.2) is 0 Å². The van der Waals surface area contributed by atoms with Gasteiger partial charge in [0.05, 0.1) is 17.7 Å². The quantitative estimate of drug-likeness (QED) is 0.811. The molecule has 3 N–H and O–H groups in total. The van der Waals surface area contributed by atoms with Crippen molar-refractivity contribution in [3.8, 4) is 0 Å². The van der Waals surface area contributed by atoms with Gasteiger partial charge >= 0.3 is 6.03 Å². The van der Waals surface area contributed by atoms with Crippen LogP contribution in [0.25, 0.3) is 0 Å². The van der Waals surface area contributed by atoms with Gasteiger partial charge in [-0.3, -0.25) is 0 Å². The normalized spacial score (nSPS) is 11.8. The topological polar surface area (TPSA) is 61.4 Å². The largest absolute Gasteiger partial charge is 0.394 e. The van der Waals surface area contributed by atoms with Gasteiger partial charge in [0.1, 0.15) is 5.82 Å². The number of nitrogens with one attached hydrogen (secondary N) is 2.